The van der Waals surface area contributed by atoms with E-state index in [9.17, 15) is 9.18 Å². The van der Waals surface area contributed by atoms with Crippen LogP contribution in [0, 0.1) is 11.7 Å². The van der Waals surface area contributed by atoms with Crippen LogP contribution in [0.4, 0.5) is 4.39 Å². The topological polar surface area (TPSA) is 37.3 Å². The molecular weight excluding hydrogens is 255 g/mol. The number of ketones is 1. The van der Waals surface area contributed by atoms with Crippen molar-refractivity contribution in [3.63, 3.8) is 0 Å². The highest BCUT2D eigenvalue weighted by molar-refractivity contribution is 6.08. The number of piperidine rings is 1. The molecule has 0 spiro atoms. The molecule has 106 valence electrons. The molecule has 1 aromatic carbocycles. The molecule has 0 unspecified atom stereocenters. The van der Waals surface area contributed by atoms with Gasteiger partial charge >= 0.3 is 0 Å². The SMILES string of the molecule is CC1CC[NH+](CC(=O)c2c[nH]c3ccc(F)cc23)CC1. The zero-order valence-corrected chi connectivity index (χ0v) is 11.7. The number of likely N-dealkylation sites (tertiary alicyclic amines) is 1. The lowest BCUT2D eigenvalue weighted by Gasteiger charge is -2.26. The molecule has 1 aliphatic rings. The Morgan fingerprint density at radius 3 is 2.90 bits per heavy atom. The first-order valence-electron chi connectivity index (χ1n) is 7.27. The van der Waals surface area contributed by atoms with Crippen LogP contribution in [0.1, 0.15) is 30.1 Å². The Labute approximate surface area is 117 Å². The number of H-pyrrole nitrogens is 1. The highest BCUT2D eigenvalue weighted by Crippen LogP contribution is 2.19. The molecule has 2 heterocycles. The minimum atomic E-state index is -0.301. The highest BCUT2D eigenvalue weighted by Gasteiger charge is 2.23. The summed E-state index contributed by atoms with van der Waals surface area (Å²) in [6, 6.07) is 4.52. The van der Waals surface area contributed by atoms with Crippen LogP contribution < -0.4 is 4.90 Å². The van der Waals surface area contributed by atoms with E-state index >= 15 is 0 Å². The van der Waals surface area contributed by atoms with Crippen LogP contribution in [-0.4, -0.2) is 30.4 Å². The summed E-state index contributed by atoms with van der Waals surface area (Å²) in [6.45, 7) is 4.89. The van der Waals surface area contributed by atoms with Gasteiger partial charge < -0.3 is 9.88 Å². The Balaban J connectivity index is 1.77. The van der Waals surface area contributed by atoms with Crippen molar-refractivity contribution in [2.75, 3.05) is 19.6 Å². The number of aromatic amines is 1. The molecule has 1 aromatic heterocycles. The molecule has 3 rings (SSSR count). The Morgan fingerprint density at radius 2 is 2.15 bits per heavy atom. The minimum absolute atomic E-state index is 0.103. The molecule has 20 heavy (non-hydrogen) atoms. The number of quaternary nitrogens is 1. The number of hydrogen-bond acceptors (Lipinski definition) is 1. The van der Waals surface area contributed by atoms with Crippen LogP contribution in [0.15, 0.2) is 24.4 Å². The number of carbonyl (C=O) groups is 1. The number of hydrogen-bond donors (Lipinski definition) is 2. The van der Waals surface area contributed by atoms with Crippen molar-refractivity contribution in [3.8, 4) is 0 Å². The lowest BCUT2D eigenvalue weighted by Crippen LogP contribution is -3.13. The first-order valence-corrected chi connectivity index (χ1v) is 7.27. The number of halogens is 1. The van der Waals surface area contributed by atoms with Gasteiger partial charge in [0.05, 0.1) is 13.1 Å². The summed E-state index contributed by atoms with van der Waals surface area (Å²) in [4.78, 5) is 16.8. The highest BCUT2D eigenvalue weighted by atomic mass is 19.1. The number of aromatic nitrogens is 1. The molecule has 2 N–H and O–H groups in total. The van der Waals surface area contributed by atoms with E-state index in [0.717, 1.165) is 24.5 Å². The van der Waals surface area contributed by atoms with Gasteiger partial charge in [-0.05, 0) is 37.0 Å². The van der Waals surface area contributed by atoms with Gasteiger partial charge in [0, 0.05) is 22.7 Å². The van der Waals surface area contributed by atoms with Gasteiger partial charge in [0.2, 0.25) is 5.78 Å². The normalized spacial score (nSPS) is 23.1. The van der Waals surface area contributed by atoms with Crippen LogP contribution in [0.5, 0.6) is 0 Å². The third-order valence-electron chi connectivity index (χ3n) is 4.34. The first kappa shape index (κ1) is 13.3. The van der Waals surface area contributed by atoms with E-state index in [1.165, 1.54) is 29.9 Å². The van der Waals surface area contributed by atoms with E-state index in [4.69, 9.17) is 0 Å². The van der Waals surface area contributed by atoms with Gasteiger partial charge in [-0.15, -0.1) is 0 Å². The van der Waals surface area contributed by atoms with Gasteiger partial charge in [0.1, 0.15) is 12.4 Å². The van der Waals surface area contributed by atoms with Crippen LogP contribution in [0.25, 0.3) is 10.9 Å². The molecule has 1 fully saturated rings. The molecule has 0 atom stereocenters. The summed E-state index contributed by atoms with van der Waals surface area (Å²) in [5.41, 5.74) is 1.43. The van der Waals surface area contributed by atoms with Crippen molar-refractivity contribution in [3.05, 3.63) is 35.8 Å². The van der Waals surface area contributed by atoms with Gasteiger partial charge in [0.25, 0.3) is 0 Å². The number of nitrogens with one attached hydrogen (secondary N) is 2. The molecule has 4 heteroatoms. The van der Waals surface area contributed by atoms with Gasteiger partial charge in [-0.2, -0.15) is 0 Å². The predicted molar refractivity (Wildman–Crippen MR) is 76.5 cm³/mol. The van der Waals surface area contributed by atoms with Crippen molar-refractivity contribution in [1.82, 2.24) is 4.98 Å². The van der Waals surface area contributed by atoms with Crippen molar-refractivity contribution >= 4 is 16.7 Å². The standard InChI is InChI=1S/C16H19FN2O/c1-11-4-6-19(7-5-11)10-16(20)14-9-18-15-3-2-12(17)8-13(14)15/h2-3,8-9,11,18H,4-7,10H2,1H3/p+1. The van der Waals surface area contributed by atoms with Crippen molar-refractivity contribution < 1.29 is 14.1 Å². The second-order valence-electron chi connectivity index (χ2n) is 5.92. The van der Waals surface area contributed by atoms with Crippen molar-refractivity contribution in [2.45, 2.75) is 19.8 Å². The summed E-state index contributed by atoms with van der Waals surface area (Å²) in [7, 11) is 0. The Kier molecular flexibility index (Phi) is 3.57. The molecule has 0 radical (unpaired) electrons. The van der Waals surface area contributed by atoms with Crippen LogP contribution in [0.3, 0.4) is 0 Å². The third-order valence-corrected chi connectivity index (χ3v) is 4.34. The molecule has 1 saturated heterocycles. The Bertz CT molecular complexity index is 626. The van der Waals surface area contributed by atoms with E-state index in [1.54, 1.807) is 12.3 Å². The van der Waals surface area contributed by atoms with Gasteiger partial charge in [-0.25, -0.2) is 4.39 Å². The summed E-state index contributed by atoms with van der Waals surface area (Å²) in [5, 5.41) is 0.694. The van der Waals surface area contributed by atoms with E-state index in [0.29, 0.717) is 17.5 Å². The van der Waals surface area contributed by atoms with Gasteiger partial charge in [-0.3, -0.25) is 4.79 Å². The molecule has 0 bridgehead atoms. The smallest absolute Gasteiger partial charge is 0.219 e. The fraction of sp³-hybridized carbons (Fsp3) is 0.438. The summed E-state index contributed by atoms with van der Waals surface area (Å²) < 4.78 is 13.3. The zero-order chi connectivity index (χ0) is 14.1. The molecule has 1 aliphatic heterocycles. The van der Waals surface area contributed by atoms with Crippen LogP contribution in [0.2, 0.25) is 0 Å². The van der Waals surface area contributed by atoms with Crippen molar-refractivity contribution in [2.24, 2.45) is 5.92 Å². The lowest BCUT2D eigenvalue weighted by atomic mass is 9.98. The maximum Gasteiger partial charge on any atom is 0.219 e. The third kappa shape index (κ3) is 2.61. The predicted octanol–water partition coefficient (Wildman–Crippen LogP) is 1.80. The largest absolute Gasteiger partial charge is 0.360 e. The Morgan fingerprint density at radius 1 is 1.40 bits per heavy atom. The molecule has 0 amide bonds. The van der Waals surface area contributed by atoms with Crippen LogP contribution >= 0.6 is 0 Å². The number of fused-ring (bicyclic) bond motifs is 1. The average molecular weight is 275 g/mol. The summed E-state index contributed by atoms with van der Waals surface area (Å²) >= 11 is 0. The molecule has 0 aliphatic carbocycles. The second-order valence-corrected chi connectivity index (χ2v) is 5.92. The van der Waals surface area contributed by atoms with Gasteiger partial charge in [0.15, 0.2) is 0 Å². The average Bonchev–Trinajstić information content (AvgIpc) is 2.84. The summed E-state index contributed by atoms with van der Waals surface area (Å²) in [6.07, 6.45) is 4.08. The molecule has 3 nitrogen and oxygen atoms in total. The monoisotopic (exact) mass is 275 g/mol. The lowest BCUT2D eigenvalue weighted by molar-refractivity contribution is -0.897. The molecule has 2 aromatic rings. The quantitative estimate of drug-likeness (QED) is 0.824. The Hall–Kier alpha value is -1.68. The van der Waals surface area contributed by atoms with Crippen LogP contribution in [-0.2, 0) is 0 Å². The first-order chi connectivity index (χ1) is 9.63. The number of benzene rings is 1. The maximum absolute atomic E-state index is 13.3. The van der Waals surface area contributed by atoms with E-state index in [-0.39, 0.29) is 11.6 Å². The van der Waals surface area contributed by atoms with E-state index in [1.807, 2.05) is 0 Å². The number of rotatable bonds is 3. The maximum atomic E-state index is 13.3. The van der Waals surface area contributed by atoms with E-state index in [2.05, 4.69) is 11.9 Å². The zero-order valence-electron chi connectivity index (χ0n) is 11.7. The number of carbonyl (C=O) groups excluding carboxylic acids is 1. The fourth-order valence-electron chi connectivity index (χ4n) is 2.99. The van der Waals surface area contributed by atoms with E-state index < -0.39 is 0 Å². The van der Waals surface area contributed by atoms with Gasteiger partial charge in [-0.1, -0.05) is 6.92 Å². The molecule has 0 saturated carbocycles. The fourth-order valence-corrected chi connectivity index (χ4v) is 2.99. The number of Topliss-reactive ketones (excluding diaryl/α,β-unsaturated/α-hetero) is 1. The second kappa shape index (κ2) is 5.37. The molecular formula is C16H20FN2O+. The summed E-state index contributed by atoms with van der Waals surface area (Å²) in [5.74, 6) is 0.577. The van der Waals surface area contributed by atoms with Crippen molar-refractivity contribution in [1.29, 1.82) is 0 Å². The minimum Gasteiger partial charge on any atom is -0.360 e.